The Morgan fingerprint density at radius 2 is 2.16 bits per heavy atom. The number of anilines is 2. The summed E-state index contributed by atoms with van der Waals surface area (Å²) < 4.78 is 0. The zero-order chi connectivity index (χ0) is 13.4. The highest BCUT2D eigenvalue weighted by atomic mass is 32.1. The third kappa shape index (κ3) is 2.33. The van der Waals surface area contributed by atoms with Gasteiger partial charge in [-0.05, 0) is 49.4 Å². The molecule has 0 saturated heterocycles. The van der Waals surface area contributed by atoms with Gasteiger partial charge in [0, 0.05) is 5.69 Å². The lowest BCUT2D eigenvalue weighted by Gasteiger charge is -2.05. The van der Waals surface area contributed by atoms with Gasteiger partial charge in [0.15, 0.2) is 5.13 Å². The van der Waals surface area contributed by atoms with Crippen molar-refractivity contribution in [3.05, 3.63) is 39.9 Å². The van der Waals surface area contributed by atoms with Crippen molar-refractivity contribution in [1.29, 1.82) is 0 Å². The van der Waals surface area contributed by atoms with E-state index in [0.717, 1.165) is 18.5 Å². The summed E-state index contributed by atoms with van der Waals surface area (Å²) >= 11 is 1.17. The van der Waals surface area contributed by atoms with Crippen LogP contribution < -0.4 is 5.32 Å². The number of aromatic nitrogens is 1. The van der Waals surface area contributed by atoms with Gasteiger partial charge in [-0.25, -0.2) is 9.78 Å². The lowest BCUT2D eigenvalue weighted by Crippen LogP contribution is -1.94. The Labute approximate surface area is 115 Å². The van der Waals surface area contributed by atoms with E-state index in [4.69, 9.17) is 5.11 Å². The number of thiazole rings is 1. The number of benzene rings is 1. The molecular weight excluding hydrogens is 260 g/mol. The van der Waals surface area contributed by atoms with E-state index in [0.29, 0.717) is 15.7 Å². The number of nitrogens with zero attached hydrogens (tertiary/aromatic N) is 1. The molecule has 0 atom stereocenters. The molecule has 1 aromatic heterocycles. The average molecular weight is 274 g/mol. The summed E-state index contributed by atoms with van der Waals surface area (Å²) in [5.74, 6) is -0.919. The van der Waals surface area contributed by atoms with Crippen LogP contribution in [0.1, 0.15) is 32.9 Å². The number of aromatic carboxylic acids is 1. The summed E-state index contributed by atoms with van der Waals surface area (Å²) in [5.41, 5.74) is 4.34. The van der Waals surface area contributed by atoms with Gasteiger partial charge in [0.1, 0.15) is 4.88 Å². The monoisotopic (exact) mass is 274 g/mol. The third-order valence-corrected chi connectivity index (χ3v) is 4.40. The molecule has 4 nitrogen and oxygen atoms in total. The summed E-state index contributed by atoms with van der Waals surface area (Å²) in [6.45, 7) is 1.72. The first-order valence-electron chi connectivity index (χ1n) is 6.23. The van der Waals surface area contributed by atoms with Gasteiger partial charge in [0.2, 0.25) is 0 Å². The molecule has 1 aromatic carbocycles. The molecule has 1 aliphatic carbocycles. The smallest absolute Gasteiger partial charge is 0.347 e. The molecule has 0 saturated carbocycles. The lowest BCUT2D eigenvalue weighted by molar-refractivity contribution is 0.0701. The molecule has 0 aliphatic heterocycles. The number of aryl methyl sites for hydroxylation is 3. The third-order valence-electron chi connectivity index (χ3n) is 3.34. The van der Waals surface area contributed by atoms with Crippen molar-refractivity contribution in [3.63, 3.8) is 0 Å². The second kappa shape index (κ2) is 4.66. The molecule has 0 spiro atoms. The maximum absolute atomic E-state index is 11.0. The van der Waals surface area contributed by atoms with E-state index in [2.05, 4.69) is 22.4 Å². The van der Waals surface area contributed by atoms with Gasteiger partial charge < -0.3 is 10.4 Å². The van der Waals surface area contributed by atoms with E-state index < -0.39 is 5.97 Å². The van der Waals surface area contributed by atoms with Gasteiger partial charge in [-0.3, -0.25) is 0 Å². The predicted octanol–water partition coefficient (Wildman–Crippen LogP) is 3.38. The van der Waals surface area contributed by atoms with Crippen LogP contribution in [0.15, 0.2) is 18.2 Å². The van der Waals surface area contributed by atoms with Crippen molar-refractivity contribution in [2.45, 2.75) is 26.2 Å². The largest absolute Gasteiger partial charge is 0.477 e. The van der Waals surface area contributed by atoms with Crippen molar-refractivity contribution >= 4 is 28.1 Å². The number of carboxylic acid groups (broad SMARTS) is 1. The average Bonchev–Trinajstić information content (AvgIpc) is 2.95. The number of carboxylic acids is 1. The maximum Gasteiger partial charge on any atom is 0.347 e. The highest BCUT2D eigenvalue weighted by Crippen LogP contribution is 2.29. The van der Waals surface area contributed by atoms with E-state index in [1.54, 1.807) is 6.92 Å². The Morgan fingerprint density at radius 3 is 2.89 bits per heavy atom. The molecule has 3 rings (SSSR count). The topological polar surface area (TPSA) is 62.2 Å². The minimum atomic E-state index is -0.919. The van der Waals surface area contributed by atoms with Crippen molar-refractivity contribution in [2.24, 2.45) is 0 Å². The van der Waals surface area contributed by atoms with Gasteiger partial charge in [0.05, 0.1) is 5.69 Å². The first kappa shape index (κ1) is 12.2. The van der Waals surface area contributed by atoms with Crippen molar-refractivity contribution in [1.82, 2.24) is 4.98 Å². The van der Waals surface area contributed by atoms with Crippen LogP contribution in [0.3, 0.4) is 0 Å². The van der Waals surface area contributed by atoms with Gasteiger partial charge in [0.25, 0.3) is 0 Å². The van der Waals surface area contributed by atoms with Crippen LogP contribution >= 0.6 is 11.3 Å². The standard InChI is InChI=1S/C14H14N2O2S/c1-8-12(13(17)18)19-14(15-8)16-11-6-5-9-3-2-4-10(9)7-11/h5-7H,2-4H2,1H3,(H,15,16)(H,17,18). The van der Waals surface area contributed by atoms with E-state index >= 15 is 0 Å². The number of hydrogen-bond acceptors (Lipinski definition) is 4. The Balaban J connectivity index is 1.85. The Bertz CT molecular complexity index is 649. The van der Waals surface area contributed by atoms with E-state index in [9.17, 15) is 4.79 Å². The summed E-state index contributed by atoms with van der Waals surface area (Å²) in [6.07, 6.45) is 3.51. The molecule has 1 heterocycles. The zero-order valence-electron chi connectivity index (χ0n) is 10.6. The van der Waals surface area contributed by atoms with Gasteiger partial charge in [-0.2, -0.15) is 0 Å². The first-order chi connectivity index (χ1) is 9.13. The van der Waals surface area contributed by atoms with Gasteiger partial charge >= 0.3 is 5.97 Å². The van der Waals surface area contributed by atoms with Crippen molar-refractivity contribution < 1.29 is 9.90 Å². The van der Waals surface area contributed by atoms with Crippen LogP contribution in [-0.4, -0.2) is 16.1 Å². The molecule has 2 aromatic rings. The highest BCUT2D eigenvalue weighted by molar-refractivity contribution is 7.17. The van der Waals surface area contributed by atoms with Crippen LogP contribution in [-0.2, 0) is 12.8 Å². The molecule has 1 aliphatic rings. The Kier molecular flexibility index (Phi) is 2.98. The zero-order valence-corrected chi connectivity index (χ0v) is 11.4. The summed E-state index contributed by atoms with van der Waals surface area (Å²) in [6, 6.07) is 6.31. The van der Waals surface area contributed by atoms with Crippen molar-refractivity contribution in [2.75, 3.05) is 5.32 Å². The van der Waals surface area contributed by atoms with Crippen LogP contribution in [0.25, 0.3) is 0 Å². The Morgan fingerprint density at radius 1 is 1.37 bits per heavy atom. The molecule has 0 bridgehead atoms. The van der Waals surface area contributed by atoms with E-state index in [-0.39, 0.29) is 0 Å². The minimum absolute atomic E-state index is 0.295. The minimum Gasteiger partial charge on any atom is -0.477 e. The summed E-state index contributed by atoms with van der Waals surface area (Å²) in [7, 11) is 0. The second-order valence-corrected chi connectivity index (χ2v) is 5.70. The molecular formula is C14H14N2O2S. The number of nitrogens with one attached hydrogen (secondary N) is 1. The molecule has 5 heteroatoms. The highest BCUT2D eigenvalue weighted by Gasteiger charge is 2.15. The van der Waals surface area contributed by atoms with Gasteiger partial charge in [-0.1, -0.05) is 17.4 Å². The van der Waals surface area contributed by atoms with E-state index in [1.165, 1.54) is 28.9 Å². The summed E-state index contributed by atoms with van der Waals surface area (Å²) in [5, 5.41) is 12.8. The van der Waals surface area contributed by atoms with Crippen LogP contribution in [0.5, 0.6) is 0 Å². The predicted molar refractivity (Wildman–Crippen MR) is 75.6 cm³/mol. The fraction of sp³-hybridized carbons (Fsp3) is 0.286. The SMILES string of the molecule is Cc1nc(Nc2ccc3c(c2)CCC3)sc1C(=O)O. The number of rotatable bonds is 3. The molecule has 98 valence electrons. The molecule has 2 N–H and O–H groups in total. The Hall–Kier alpha value is -1.88. The van der Waals surface area contributed by atoms with Crippen molar-refractivity contribution in [3.8, 4) is 0 Å². The van der Waals surface area contributed by atoms with Gasteiger partial charge in [-0.15, -0.1) is 0 Å². The molecule has 0 unspecified atom stereocenters. The fourth-order valence-electron chi connectivity index (χ4n) is 2.42. The molecule has 0 fully saturated rings. The molecule has 19 heavy (non-hydrogen) atoms. The second-order valence-electron chi connectivity index (χ2n) is 4.70. The summed E-state index contributed by atoms with van der Waals surface area (Å²) in [4.78, 5) is 15.5. The first-order valence-corrected chi connectivity index (χ1v) is 7.04. The van der Waals surface area contributed by atoms with Crippen LogP contribution in [0, 0.1) is 6.92 Å². The quantitative estimate of drug-likeness (QED) is 0.900. The normalized spacial score (nSPS) is 13.3. The lowest BCUT2D eigenvalue weighted by atomic mass is 10.1. The number of hydrogen-bond donors (Lipinski definition) is 2. The fourth-order valence-corrected chi connectivity index (χ4v) is 3.25. The van der Waals surface area contributed by atoms with Crippen LogP contribution in [0.4, 0.5) is 10.8 Å². The van der Waals surface area contributed by atoms with Crippen LogP contribution in [0.2, 0.25) is 0 Å². The maximum atomic E-state index is 11.0. The number of carbonyl (C=O) groups is 1. The molecule has 0 radical (unpaired) electrons. The number of fused-ring (bicyclic) bond motifs is 1. The molecule has 0 amide bonds. The van der Waals surface area contributed by atoms with E-state index in [1.807, 2.05) is 6.07 Å².